The molecule has 0 radical (unpaired) electrons. The van der Waals surface area contributed by atoms with Crippen LogP contribution in [0.15, 0.2) is 29.3 Å². The van der Waals surface area contributed by atoms with Crippen molar-refractivity contribution in [2.24, 2.45) is 4.99 Å². The van der Waals surface area contributed by atoms with E-state index in [1.807, 2.05) is 37.1 Å². The van der Waals surface area contributed by atoms with Crippen molar-refractivity contribution >= 4 is 5.96 Å². The number of nitrogens with zero attached hydrogens (tertiary/aromatic N) is 2. The van der Waals surface area contributed by atoms with Gasteiger partial charge in [-0.05, 0) is 24.6 Å². The Morgan fingerprint density at radius 2 is 2.32 bits per heavy atom. The van der Waals surface area contributed by atoms with Gasteiger partial charge in [-0.25, -0.2) is 4.99 Å². The molecular formula is C15H21N3O. The lowest BCUT2D eigenvalue weighted by Crippen LogP contribution is -2.38. The van der Waals surface area contributed by atoms with Gasteiger partial charge in [-0.2, -0.15) is 0 Å². The fourth-order valence-corrected chi connectivity index (χ4v) is 1.71. The van der Waals surface area contributed by atoms with Crippen LogP contribution in [-0.2, 0) is 6.54 Å². The van der Waals surface area contributed by atoms with E-state index in [-0.39, 0.29) is 0 Å². The summed E-state index contributed by atoms with van der Waals surface area (Å²) >= 11 is 0. The lowest BCUT2D eigenvalue weighted by Gasteiger charge is -2.22. The summed E-state index contributed by atoms with van der Waals surface area (Å²) in [7, 11) is 3.65. The van der Waals surface area contributed by atoms with Crippen molar-refractivity contribution in [2.45, 2.75) is 13.5 Å². The molecule has 4 heteroatoms. The Labute approximate surface area is 115 Å². The van der Waals surface area contributed by atoms with Crippen LogP contribution in [0, 0.1) is 12.3 Å². The Morgan fingerprint density at radius 1 is 1.53 bits per heavy atom. The fraction of sp³-hybridized carbons (Fsp3) is 0.400. The quantitative estimate of drug-likeness (QED) is 0.497. The largest absolute Gasteiger partial charge is 0.497 e. The summed E-state index contributed by atoms with van der Waals surface area (Å²) in [5.41, 5.74) is 1.16. The van der Waals surface area contributed by atoms with Crippen LogP contribution in [-0.4, -0.2) is 38.1 Å². The third-order valence-electron chi connectivity index (χ3n) is 2.57. The number of terminal acetylenes is 1. The number of guanidine groups is 1. The minimum atomic E-state index is 0.380. The molecule has 0 fully saturated rings. The van der Waals surface area contributed by atoms with E-state index in [1.165, 1.54) is 0 Å². The highest BCUT2D eigenvalue weighted by Crippen LogP contribution is 2.13. The van der Waals surface area contributed by atoms with Gasteiger partial charge in [-0.3, -0.25) is 0 Å². The molecule has 102 valence electrons. The van der Waals surface area contributed by atoms with Gasteiger partial charge in [0, 0.05) is 20.1 Å². The van der Waals surface area contributed by atoms with Crippen LogP contribution in [0.5, 0.6) is 5.75 Å². The second-order valence-corrected chi connectivity index (χ2v) is 4.08. The Balaban J connectivity index is 2.75. The fourth-order valence-electron chi connectivity index (χ4n) is 1.71. The SMILES string of the molecule is C#CCN=C(NCC)N(C)Cc1cccc(OC)c1. The molecule has 19 heavy (non-hydrogen) atoms. The Morgan fingerprint density at radius 3 is 2.95 bits per heavy atom. The number of hydrogen-bond donors (Lipinski definition) is 1. The number of aliphatic imine (C=N–C) groups is 1. The average molecular weight is 259 g/mol. The Bertz CT molecular complexity index is 463. The summed E-state index contributed by atoms with van der Waals surface area (Å²) in [6, 6.07) is 7.99. The van der Waals surface area contributed by atoms with Gasteiger partial charge in [0.15, 0.2) is 5.96 Å². The second-order valence-electron chi connectivity index (χ2n) is 4.08. The minimum Gasteiger partial charge on any atom is -0.497 e. The first-order valence-electron chi connectivity index (χ1n) is 6.27. The maximum Gasteiger partial charge on any atom is 0.194 e. The molecule has 1 aromatic rings. The molecule has 0 spiro atoms. The zero-order valence-corrected chi connectivity index (χ0v) is 11.8. The zero-order chi connectivity index (χ0) is 14.1. The van der Waals surface area contributed by atoms with Crippen LogP contribution in [0.1, 0.15) is 12.5 Å². The summed E-state index contributed by atoms with van der Waals surface area (Å²) < 4.78 is 5.22. The highest BCUT2D eigenvalue weighted by Gasteiger charge is 2.06. The molecule has 1 rings (SSSR count). The molecule has 1 N–H and O–H groups in total. The van der Waals surface area contributed by atoms with Crippen molar-refractivity contribution in [1.82, 2.24) is 10.2 Å². The van der Waals surface area contributed by atoms with E-state index in [0.29, 0.717) is 6.54 Å². The molecule has 0 saturated heterocycles. The molecule has 0 saturated carbocycles. The molecule has 0 bridgehead atoms. The number of rotatable bonds is 5. The van der Waals surface area contributed by atoms with E-state index in [0.717, 1.165) is 30.4 Å². The summed E-state index contributed by atoms with van der Waals surface area (Å²) in [4.78, 5) is 6.37. The summed E-state index contributed by atoms with van der Waals surface area (Å²) in [5.74, 6) is 4.19. The van der Waals surface area contributed by atoms with Crippen molar-refractivity contribution in [3.8, 4) is 18.1 Å². The van der Waals surface area contributed by atoms with E-state index >= 15 is 0 Å². The van der Waals surface area contributed by atoms with E-state index in [9.17, 15) is 0 Å². The second kappa shape index (κ2) is 8.04. The molecule has 0 aromatic heterocycles. The number of benzene rings is 1. The smallest absolute Gasteiger partial charge is 0.194 e. The molecule has 0 aliphatic heterocycles. The highest BCUT2D eigenvalue weighted by molar-refractivity contribution is 5.79. The topological polar surface area (TPSA) is 36.9 Å². The van der Waals surface area contributed by atoms with Crippen molar-refractivity contribution in [3.05, 3.63) is 29.8 Å². The third-order valence-corrected chi connectivity index (χ3v) is 2.57. The first-order chi connectivity index (χ1) is 9.21. The molecule has 0 unspecified atom stereocenters. The molecule has 0 amide bonds. The highest BCUT2D eigenvalue weighted by atomic mass is 16.5. The molecule has 0 aliphatic carbocycles. The molecule has 4 nitrogen and oxygen atoms in total. The van der Waals surface area contributed by atoms with Gasteiger partial charge >= 0.3 is 0 Å². The molecular weight excluding hydrogens is 238 g/mol. The predicted octanol–water partition coefficient (Wildman–Crippen LogP) is 1.73. The van der Waals surface area contributed by atoms with E-state index in [2.05, 4.69) is 22.3 Å². The van der Waals surface area contributed by atoms with Crippen molar-refractivity contribution < 1.29 is 4.74 Å². The van der Waals surface area contributed by atoms with Crippen LogP contribution in [0.2, 0.25) is 0 Å². The first kappa shape index (κ1) is 14.9. The van der Waals surface area contributed by atoms with Crippen LogP contribution in [0.4, 0.5) is 0 Å². The molecule has 0 heterocycles. The van der Waals surface area contributed by atoms with Gasteiger partial charge in [0.25, 0.3) is 0 Å². The van der Waals surface area contributed by atoms with Gasteiger partial charge in [0.1, 0.15) is 12.3 Å². The predicted molar refractivity (Wildman–Crippen MR) is 79.3 cm³/mol. The van der Waals surface area contributed by atoms with Crippen LogP contribution in [0.25, 0.3) is 0 Å². The lowest BCUT2D eigenvalue weighted by atomic mass is 10.2. The average Bonchev–Trinajstić information content (AvgIpc) is 2.43. The summed E-state index contributed by atoms with van der Waals surface area (Å²) in [6.07, 6.45) is 5.24. The first-order valence-corrected chi connectivity index (χ1v) is 6.27. The van der Waals surface area contributed by atoms with Gasteiger partial charge < -0.3 is 15.0 Å². The monoisotopic (exact) mass is 259 g/mol. The van der Waals surface area contributed by atoms with Gasteiger partial charge in [-0.15, -0.1) is 6.42 Å². The summed E-state index contributed by atoms with van der Waals surface area (Å²) in [6.45, 7) is 3.97. The van der Waals surface area contributed by atoms with Crippen LogP contribution < -0.4 is 10.1 Å². The maximum absolute atomic E-state index is 5.24. The molecule has 1 aromatic carbocycles. The standard InChI is InChI=1S/C15H21N3O/c1-5-10-17-15(16-6-2)18(3)12-13-8-7-9-14(11-13)19-4/h1,7-9,11H,6,10,12H2,2-4H3,(H,16,17). The summed E-state index contributed by atoms with van der Waals surface area (Å²) in [5, 5.41) is 3.22. The van der Waals surface area contributed by atoms with Gasteiger partial charge in [0.05, 0.1) is 7.11 Å². The number of hydrogen-bond acceptors (Lipinski definition) is 2. The number of ether oxygens (including phenoxy) is 1. The van der Waals surface area contributed by atoms with E-state index in [1.54, 1.807) is 7.11 Å². The lowest BCUT2D eigenvalue weighted by molar-refractivity contribution is 0.412. The normalized spacial score (nSPS) is 10.7. The third kappa shape index (κ3) is 4.92. The van der Waals surface area contributed by atoms with Gasteiger partial charge in [-0.1, -0.05) is 18.1 Å². The molecule has 0 aliphatic rings. The maximum atomic E-state index is 5.24. The Hall–Kier alpha value is -2.15. The molecule has 0 atom stereocenters. The van der Waals surface area contributed by atoms with Crippen LogP contribution >= 0.6 is 0 Å². The van der Waals surface area contributed by atoms with Crippen molar-refractivity contribution in [3.63, 3.8) is 0 Å². The Kier molecular flexibility index (Phi) is 6.31. The zero-order valence-electron chi connectivity index (χ0n) is 11.8. The number of methoxy groups -OCH3 is 1. The van der Waals surface area contributed by atoms with E-state index in [4.69, 9.17) is 11.2 Å². The minimum absolute atomic E-state index is 0.380. The van der Waals surface area contributed by atoms with E-state index < -0.39 is 0 Å². The number of nitrogens with one attached hydrogen (secondary N) is 1. The van der Waals surface area contributed by atoms with Crippen molar-refractivity contribution in [2.75, 3.05) is 27.2 Å². The van der Waals surface area contributed by atoms with Crippen LogP contribution in [0.3, 0.4) is 0 Å². The van der Waals surface area contributed by atoms with Crippen molar-refractivity contribution in [1.29, 1.82) is 0 Å². The van der Waals surface area contributed by atoms with Gasteiger partial charge in [0.2, 0.25) is 0 Å².